The summed E-state index contributed by atoms with van der Waals surface area (Å²) in [4.78, 5) is 24.1. The summed E-state index contributed by atoms with van der Waals surface area (Å²) < 4.78 is 12.6. The zero-order valence-corrected chi connectivity index (χ0v) is 19.2. The summed E-state index contributed by atoms with van der Waals surface area (Å²) in [5.74, 6) is -0.329. The molecule has 0 aliphatic rings. The number of nitrogens with one attached hydrogen (secondary N) is 2. The maximum atomic E-state index is 12.1. The molecule has 8 heteroatoms. The molecule has 8 nitrogen and oxygen atoms in total. The molecule has 2 aromatic carbocycles. The standard InChI is InChI=1S/C25H28N4O4/c1-17-14-20(18(2)29(17)21-8-6-5-7-9-21)16-27-28-25(31)24(30)26-13-12-19-10-11-22(32-3)23(15-19)33-4/h5-11,14-16H,12-13H2,1-4H3,(H,26,30)(H,28,31)/b27-16+. The van der Waals surface area contributed by atoms with Crippen molar-refractivity contribution in [1.29, 1.82) is 0 Å². The summed E-state index contributed by atoms with van der Waals surface area (Å²) in [6.45, 7) is 4.27. The van der Waals surface area contributed by atoms with Gasteiger partial charge >= 0.3 is 11.8 Å². The molecule has 2 N–H and O–H groups in total. The van der Waals surface area contributed by atoms with Crippen LogP contribution in [0.5, 0.6) is 11.5 Å². The van der Waals surface area contributed by atoms with Gasteiger partial charge in [-0.25, -0.2) is 5.43 Å². The number of carbonyl (C=O) groups is 2. The highest BCUT2D eigenvalue weighted by atomic mass is 16.5. The largest absolute Gasteiger partial charge is 0.493 e. The third-order valence-corrected chi connectivity index (χ3v) is 5.21. The Kier molecular flexibility index (Phi) is 7.86. The number of carbonyl (C=O) groups excluding carboxylic acids is 2. The molecule has 2 amide bonds. The Hall–Kier alpha value is -4.07. The number of hydrogen-bond donors (Lipinski definition) is 2. The van der Waals surface area contributed by atoms with Gasteiger partial charge < -0.3 is 19.4 Å². The monoisotopic (exact) mass is 448 g/mol. The van der Waals surface area contributed by atoms with E-state index in [1.165, 1.54) is 6.21 Å². The van der Waals surface area contributed by atoms with Crippen molar-refractivity contribution in [1.82, 2.24) is 15.3 Å². The minimum absolute atomic E-state index is 0.295. The van der Waals surface area contributed by atoms with Gasteiger partial charge in [-0.3, -0.25) is 9.59 Å². The molecule has 0 spiro atoms. The highest BCUT2D eigenvalue weighted by Gasteiger charge is 2.13. The number of hydrogen-bond acceptors (Lipinski definition) is 5. The Labute approximate surface area is 193 Å². The van der Waals surface area contributed by atoms with Crippen LogP contribution in [-0.2, 0) is 16.0 Å². The number of amides is 2. The van der Waals surface area contributed by atoms with Crippen LogP contribution in [0.3, 0.4) is 0 Å². The lowest BCUT2D eigenvalue weighted by Crippen LogP contribution is -2.38. The van der Waals surface area contributed by atoms with E-state index < -0.39 is 11.8 Å². The van der Waals surface area contributed by atoms with Gasteiger partial charge in [0.2, 0.25) is 0 Å². The van der Waals surface area contributed by atoms with Crippen molar-refractivity contribution in [2.45, 2.75) is 20.3 Å². The first-order valence-electron chi connectivity index (χ1n) is 10.5. The Bertz CT molecular complexity index is 1150. The lowest BCUT2D eigenvalue weighted by molar-refractivity contribution is -0.139. The number of benzene rings is 2. The van der Waals surface area contributed by atoms with Crippen molar-refractivity contribution in [2.24, 2.45) is 5.10 Å². The molecule has 1 heterocycles. The van der Waals surface area contributed by atoms with Crippen LogP contribution in [0.4, 0.5) is 0 Å². The van der Waals surface area contributed by atoms with E-state index in [0.29, 0.717) is 24.5 Å². The number of para-hydroxylation sites is 1. The SMILES string of the molecule is COc1ccc(CCNC(=O)C(=O)N/N=C/c2cc(C)n(-c3ccccc3)c2C)cc1OC. The Morgan fingerprint density at radius 2 is 1.70 bits per heavy atom. The van der Waals surface area contributed by atoms with Crippen molar-refractivity contribution < 1.29 is 19.1 Å². The molecule has 3 rings (SSSR count). The van der Waals surface area contributed by atoms with Gasteiger partial charge in [-0.1, -0.05) is 24.3 Å². The van der Waals surface area contributed by atoms with Gasteiger partial charge in [-0.05, 0) is 56.2 Å². The van der Waals surface area contributed by atoms with Gasteiger partial charge in [0.1, 0.15) is 0 Å². The molecular weight excluding hydrogens is 420 g/mol. The number of rotatable bonds is 8. The van der Waals surface area contributed by atoms with Crippen LogP contribution >= 0.6 is 0 Å². The van der Waals surface area contributed by atoms with Gasteiger partial charge in [0.15, 0.2) is 11.5 Å². The lowest BCUT2D eigenvalue weighted by Gasteiger charge is -2.10. The second kappa shape index (κ2) is 11.0. The van der Waals surface area contributed by atoms with Crippen LogP contribution in [0, 0.1) is 13.8 Å². The number of ether oxygens (including phenoxy) is 2. The fourth-order valence-corrected chi connectivity index (χ4v) is 3.54. The van der Waals surface area contributed by atoms with E-state index in [4.69, 9.17) is 9.47 Å². The molecule has 1 aromatic heterocycles. The first-order valence-corrected chi connectivity index (χ1v) is 10.5. The Balaban J connectivity index is 1.52. The van der Waals surface area contributed by atoms with Gasteiger partial charge in [0.25, 0.3) is 0 Å². The van der Waals surface area contributed by atoms with Gasteiger partial charge in [0.05, 0.1) is 20.4 Å². The van der Waals surface area contributed by atoms with Gasteiger partial charge in [-0.15, -0.1) is 0 Å². The normalized spacial score (nSPS) is 10.8. The minimum Gasteiger partial charge on any atom is -0.493 e. The number of hydrazone groups is 1. The van der Waals surface area contributed by atoms with Crippen LogP contribution in [0.15, 0.2) is 59.7 Å². The average Bonchev–Trinajstić information content (AvgIpc) is 3.11. The third kappa shape index (κ3) is 5.79. The van der Waals surface area contributed by atoms with Crippen molar-refractivity contribution in [3.05, 3.63) is 77.1 Å². The van der Waals surface area contributed by atoms with Gasteiger partial charge in [-0.2, -0.15) is 5.10 Å². The highest BCUT2D eigenvalue weighted by molar-refractivity contribution is 6.35. The second-order valence-corrected chi connectivity index (χ2v) is 7.39. The third-order valence-electron chi connectivity index (χ3n) is 5.21. The zero-order valence-electron chi connectivity index (χ0n) is 19.2. The number of nitrogens with zero attached hydrogens (tertiary/aromatic N) is 2. The number of aromatic nitrogens is 1. The molecule has 0 fully saturated rings. The van der Waals surface area contributed by atoms with Crippen molar-refractivity contribution in [3.8, 4) is 17.2 Å². The zero-order chi connectivity index (χ0) is 23.8. The molecule has 0 atom stereocenters. The molecule has 0 saturated carbocycles. The second-order valence-electron chi connectivity index (χ2n) is 7.39. The van der Waals surface area contributed by atoms with Crippen LogP contribution in [-0.4, -0.2) is 43.4 Å². The van der Waals surface area contributed by atoms with Crippen molar-refractivity contribution in [2.75, 3.05) is 20.8 Å². The summed E-state index contributed by atoms with van der Waals surface area (Å²) in [5, 5.41) is 6.54. The Morgan fingerprint density at radius 3 is 2.39 bits per heavy atom. The van der Waals surface area contributed by atoms with E-state index in [1.807, 2.05) is 62.4 Å². The number of methoxy groups -OCH3 is 2. The summed E-state index contributed by atoms with van der Waals surface area (Å²) in [6.07, 6.45) is 2.07. The van der Waals surface area contributed by atoms with E-state index in [0.717, 1.165) is 28.2 Å². The summed E-state index contributed by atoms with van der Waals surface area (Å²) in [7, 11) is 3.13. The number of aryl methyl sites for hydroxylation is 1. The molecular formula is C25H28N4O4. The lowest BCUT2D eigenvalue weighted by atomic mass is 10.1. The maximum Gasteiger partial charge on any atom is 0.329 e. The van der Waals surface area contributed by atoms with E-state index in [2.05, 4.69) is 20.4 Å². The first-order chi connectivity index (χ1) is 15.9. The van der Waals surface area contributed by atoms with Crippen molar-refractivity contribution >= 4 is 18.0 Å². The predicted octanol–water partition coefficient (Wildman–Crippen LogP) is 2.92. The molecule has 3 aromatic rings. The average molecular weight is 449 g/mol. The van der Waals surface area contributed by atoms with Gasteiger partial charge in [0, 0.05) is 29.2 Å². The minimum atomic E-state index is -0.824. The maximum absolute atomic E-state index is 12.1. The van der Waals surface area contributed by atoms with E-state index in [9.17, 15) is 9.59 Å². The highest BCUT2D eigenvalue weighted by Crippen LogP contribution is 2.27. The fourth-order valence-electron chi connectivity index (χ4n) is 3.54. The smallest absolute Gasteiger partial charge is 0.329 e. The summed E-state index contributed by atoms with van der Waals surface area (Å²) in [6, 6.07) is 17.5. The quantitative estimate of drug-likeness (QED) is 0.315. The molecule has 0 unspecified atom stereocenters. The first kappa shape index (κ1) is 23.6. The molecule has 172 valence electrons. The van der Waals surface area contributed by atoms with Crippen LogP contribution in [0.2, 0.25) is 0 Å². The van der Waals surface area contributed by atoms with Crippen LogP contribution < -0.4 is 20.2 Å². The van der Waals surface area contributed by atoms with Crippen LogP contribution in [0.1, 0.15) is 22.5 Å². The van der Waals surface area contributed by atoms with E-state index in [-0.39, 0.29) is 0 Å². The molecule has 0 aliphatic heterocycles. The topological polar surface area (TPSA) is 94.0 Å². The summed E-state index contributed by atoms with van der Waals surface area (Å²) in [5.41, 5.74) is 7.15. The van der Waals surface area contributed by atoms with Crippen LogP contribution in [0.25, 0.3) is 5.69 Å². The molecule has 33 heavy (non-hydrogen) atoms. The molecule has 0 radical (unpaired) electrons. The van der Waals surface area contributed by atoms with Crippen molar-refractivity contribution in [3.63, 3.8) is 0 Å². The summed E-state index contributed by atoms with van der Waals surface area (Å²) >= 11 is 0. The van der Waals surface area contributed by atoms with E-state index >= 15 is 0 Å². The molecule has 0 saturated heterocycles. The fraction of sp³-hybridized carbons (Fsp3) is 0.240. The Morgan fingerprint density at radius 1 is 0.970 bits per heavy atom. The van der Waals surface area contributed by atoms with E-state index in [1.54, 1.807) is 20.3 Å². The molecule has 0 aliphatic carbocycles. The predicted molar refractivity (Wildman–Crippen MR) is 127 cm³/mol. The molecule has 0 bridgehead atoms.